The lowest BCUT2D eigenvalue weighted by molar-refractivity contribution is 1.12. The van der Waals surface area contributed by atoms with Gasteiger partial charge >= 0.3 is 0 Å². The van der Waals surface area contributed by atoms with Gasteiger partial charge in [0.2, 0.25) is 0 Å². The fourth-order valence-electron chi connectivity index (χ4n) is 2.22. The molecule has 21 heavy (non-hydrogen) atoms. The average Bonchev–Trinajstić information content (AvgIpc) is 2.56. The van der Waals surface area contributed by atoms with Crippen molar-refractivity contribution in [3.8, 4) is 22.5 Å². The molecular weight excluding hydrogens is 258 g/mol. The topological polar surface area (TPSA) is 37.8 Å². The number of hydrogen-bond donors (Lipinski definition) is 1. The first-order chi connectivity index (χ1) is 10.4. The minimum absolute atomic E-state index is 0.744. The summed E-state index contributed by atoms with van der Waals surface area (Å²) in [5, 5.41) is 3.20. The minimum atomic E-state index is 0.744. The number of rotatable bonds is 4. The van der Waals surface area contributed by atoms with Crippen LogP contribution in [0.25, 0.3) is 22.5 Å². The minimum Gasteiger partial charge on any atom is -0.370 e. The van der Waals surface area contributed by atoms with Crippen molar-refractivity contribution in [3.63, 3.8) is 0 Å². The Kier molecular flexibility index (Phi) is 3.92. The lowest BCUT2D eigenvalue weighted by atomic mass is 10.0. The summed E-state index contributed by atoms with van der Waals surface area (Å²) in [4.78, 5) is 8.86. The van der Waals surface area contributed by atoms with Gasteiger partial charge in [-0.05, 0) is 24.1 Å². The monoisotopic (exact) mass is 275 g/mol. The normalized spacial score (nSPS) is 10.3. The molecule has 0 aliphatic carbocycles. The van der Waals surface area contributed by atoms with Gasteiger partial charge in [0, 0.05) is 18.3 Å². The number of nitrogens with zero attached hydrogens (tertiary/aromatic N) is 2. The molecule has 2 aromatic carbocycles. The van der Waals surface area contributed by atoms with E-state index >= 15 is 0 Å². The van der Waals surface area contributed by atoms with Crippen molar-refractivity contribution in [2.75, 3.05) is 11.9 Å². The predicted octanol–water partition coefficient (Wildman–Crippen LogP) is 4.24. The van der Waals surface area contributed by atoms with Crippen LogP contribution in [0.1, 0.15) is 6.92 Å². The van der Waals surface area contributed by atoms with Gasteiger partial charge in [0.25, 0.3) is 0 Å². The second kappa shape index (κ2) is 6.18. The lowest BCUT2D eigenvalue weighted by Gasteiger charge is -2.06. The van der Waals surface area contributed by atoms with E-state index in [1.807, 2.05) is 24.3 Å². The molecule has 3 rings (SSSR count). The molecule has 0 saturated heterocycles. The van der Waals surface area contributed by atoms with Crippen molar-refractivity contribution in [2.24, 2.45) is 0 Å². The number of aromatic nitrogens is 2. The van der Waals surface area contributed by atoms with Gasteiger partial charge in [0.15, 0.2) is 5.82 Å². The number of anilines is 1. The smallest absolute Gasteiger partial charge is 0.161 e. The highest BCUT2D eigenvalue weighted by molar-refractivity contribution is 5.67. The number of benzene rings is 2. The first-order valence-corrected chi connectivity index (χ1v) is 7.09. The predicted molar refractivity (Wildman–Crippen MR) is 87.1 cm³/mol. The van der Waals surface area contributed by atoms with Crippen molar-refractivity contribution in [3.05, 3.63) is 66.9 Å². The summed E-state index contributed by atoms with van der Waals surface area (Å²) in [6, 6.07) is 20.6. The van der Waals surface area contributed by atoms with E-state index in [4.69, 9.17) is 0 Å². The molecule has 1 aromatic heterocycles. The zero-order chi connectivity index (χ0) is 14.5. The summed E-state index contributed by atoms with van der Waals surface area (Å²) >= 11 is 0. The van der Waals surface area contributed by atoms with Crippen LogP contribution in [0, 0.1) is 0 Å². The van der Waals surface area contributed by atoms with Crippen LogP contribution in [-0.2, 0) is 0 Å². The Balaban J connectivity index is 1.89. The average molecular weight is 275 g/mol. The number of hydrogen-bond acceptors (Lipinski definition) is 3. The Bertz CT molecular complexity index is 706. The van der Waals surface area contributed by atoms with Crippen molar-refractivity contribution >= 4 is 5.82 Å². The van der Waals surface area contributed by atoms with Gasteiger partial charge in [0.1, 0.15) is 5.82 Å². The van der Waals surface area contributed by atoms with E-state index in [-0.39, 0.29) is 0 Å². The molecule has 0 fully saturated rings. The summed E-state index contributed by atoms with van der Waals surface area (Å²) in [7, 11) is 0. The zero-order valence-electron chi connectivity index (χ0n) is 12.0. The van der Waals surface area contributed by atoms with E-state index in [9.17, 15) is 0 Å². The molecule has 0 atom stereocenters. The van der Waals surface area contributed by atoms with Gasteiger partial charge in [-0.25, -0.2) is 9.97 Å². The third-order valence-corrected chi connectivity index (χ3v) is 3.26. The van der Waals surface area contributed by atoms with Gasteiger partial charge in [0.05, 0.1) is 0 Å². The van der Waals surface area contributed by atoms with E-state index in [2.05, 4.69) is 58.6 Å². The molecule has 0 spiro atoms. The van der Waals surface area contributed by atoms with E-state index in [0.29, 0.717) is 0 Å². The van der Waals surface area contributed by atoms with Crippen molar-refractivity contribution in [1.82, 2.24) is 9.97 Å². The third kappa shape index (κ3) is 3.08. The highest BCUT2D eigenvalue weighted by Crippen LogP contribution is 2.23. The molecular formula is C18H17N3. The van der Waals surface area contributed by atoms with Crippen LogP contribution in [0.15, 0.2) is 66.9 Å². The standard InChI is InChI=1S/C18H17N3/c1-2-19-17-12-13-20-18(21-17)16-10-8-15(9-11-16)14-6-4-3-5-7-14/h3-13H,2H2,1H3,(H,19,20,21). The second-order valence-electron chi connectivity index (χ2n) is 4.74. The largest absolute Gasteiger partial charge is 0.370 e. The fourth-order valence-corrected chi connectivity index (χ4v) is 2.22. The van der Waals surface area contributed by atoms with Crippen LogP contribution in [0.2, 0.25) is 0 Å². The zero-order valence-corrected chi connectivity index (χ0v) is 12.0. The number of nitrogens with one attached hydrogen (secondary N) is 1. The summed E-state index contributed by atoms with van der Waals surface area (Å²) in [5.41, 5.74) is 3.43. The van der Waals surface area contributed by atoms with Gasteiger partial charge in [-0.15, -0.1) is 0 Å². The Labute approximate surface area is 124 Å². The SMILES string of the molecule is CCNc1ccnc(-c2ccc(-c3ccccc3)cc2)n1. The van der Waals surface area contributed by atoms with Crippen LogP contribution < -0.4 is 5.32 Å². The first kappa shape index (κ1) is 13.3. The molecule has 3 nitrogen and oxygen atoms in total. The van der Waals surface area contributed by atoms with Gasteiger partial charge in [-0.3, -0.25) is 0 Å². The maximum atomic E-state index is 4.51. The van der Waals surface area contributed by atoms with E-state index in [0.717, 1.165) is 23.8 Å². The summed E-state index contributed by atoms with van der Waals surface area (Å²) in [5.74, 6) is 1.60. The third-order valence-electron chi connectivity index (χ3n) is 3.26. The van der Waals surface area contributed by atoms with Crippen LogP contribution in [0.4, 0.5) is 5.82 Å². The molecule has 0 aliphatic rings. The van der Waals surface area contributed by atoms with Gasteiger partial charge in [-0.1, -0.05) is 54.6 Å². The summed E-state index contributed by atoms with van der Waals surface area (Å²) in [6.07, 6.45) is 1.78. The second-order valence-corrected chi connectivity index (χ2v) is 4.74. The highest BCUT2D eigenvalue weighted by atomic mass is 15.0. The molecule has 0 radical (unpaired) electrons. The maximum absolute atomic E-state index is 4.51. The molecule has 0 amide bonds. The van der Waals surface area contributed by atoms with Crippen LogP contribution >= 0.6 is 0 Å². The molecule has 0 aliphatic heterocycles. The Morgan fingerprint density at radius 1 is 0.810 bits per heavy atom. The molecule has 3 aromatic rings. The van der Waals surface area contributed by atoms with Crippen LogP contribution in [0.5, 0.6) is 0 Å². The molecule has 1 N–H and O–H groups in total. The van der Waals surface area contributed by atoms with Gasteiger partial charge in [-0.2, -0.15) is 0 Å². The van der Waals surface area contributed by atoms with E-state index in [1.165, 1.54) is 11.1 Å². The van der Waals surface area contributed by atoms with Crippen LogP contribution in [-0.4, -0.2) is 16.5 Å². The molecule has 0 saturated carbocycles. The van der Waals surface area contributed by atoms with E-state index < -0.39 is 0 Å². The molecule has 104 valence electrons. The molecule has 0 bridgehead atoms. The maximum Gasteiger partial charge on any atom is 0.161 e. The highest BCUT2D eigenvalue weighted by Gasteiger charge is 2.03. The first-order valence-electron chi connectivity index (χ1n) is 7.09. The fraction of sp³-hybridized carbons (Fsp3) is 0.111. The molecule has 0 unspecified atom stereocenters. The van der Waals surface area contributed by atoms with Crippen LogP contribution in [0.3, 0.4) is 0 Å². The van der Waals surface area contributed by atoms with Gasteiger partial charge < -0.3 is 5.32 Å². The summed E-state index contributed by atoms with van der Waals surface area (Å²) < 4.78 is 0. The van der Waals surface area contributed by atoms with E-state index in [1.54, 1.807) is 6.20 Å². The summed E-state index contributed by atoms with van der Waals surface area (Å²) in [6.45, 7) is 2.90. The van der Waals surface area contributed by atoms with Crippen molar-refractivity contribution < 1.29 is 0 Å². The molecule has 1 heterocycles. The van der Waals surface area contributed by atoms with Crippen molar-refractivity contribution in [2.45, 2.75) is 6.92 Å². The molecule has 3 heteroatoms. The lowest BCUT2D eigenvalue weighted by Crippen LogP contribution is -2.00. The Hall–Kier alpha value is -2.68. The Morgan fingerprint density at radius 2 is 1.48 bits per heavy atom. The Morgan fingerprint density at radius 3 is 2.19 bits per heavy atom. The quantitative estimate of drug-likeness (QED) is 0.773. The van der Waals surface area contributed by atoms with Crippen molar-refractivity contribution in [1.29, 1.82) is 0 Å².